The molecule has 0 saturated carbocycles. The molecule has 4 heteroatoms. The van der Waals surface area contributed by atoms with E-state index in [2.05, 4.69) is 6.92 Å². The van der Waals surface area contributed by atoms with Gasteiger partial charge in [-0.25, -0.2) is 4.79 Å². The number of rotatable bonds is 16. The summed E-state index contributed by atoms with van der Waals surface area (Å²) in [4.78, 5) is 11.3. The lowest BCUT2D eigenvalue weighted by Crippen LogP contribution is -2.21. The smallest absolute Gasteiger partial charge is 0.330 e. The quantitative estimate of drug-likeness (QED) is 0.254. The molecular weight excluding hydrogens is 292 g/mol. The SMILES string of the molecule is CCCCCCCCCCCCCC=CC(=O)OCC(O)CO. The number of hydrogen-bond donors (Lipinski definition) is 2. The first kappa shape index (κ1) is 22.1. The molecule has 0 spiro atoms. The number of aliphatic hydroxyl groups is 2. The molecule has 0 saturated heterocycles. The Hall–Kier alpha value is -0.870. The first-order valence-corrected chi connectivity index (χ1v) is 9.33. The number of carbonyl (C=O) groups excluding carboxylic acids is 1. The maximum Gasteiger partial charge on any atom is 0.330 e. The van der Waals surface area contributed by atoms with Crippen LogP contribution in [0.25, 0.3) is 0 Å². The van der Waals surface area contributed by atoms with Gasteiger partial charge in [-0.1, -0.05) is 77.2 Å². The van der Waals surface area contributed by atoms with Crippen molar-refractivity contribution in [1.29, 1.82) is 0 Å². The lowest BCUT2D eigenvalue weighted by molar-refractivity contribution is -0.141. The van der Waals surface area contributed by atoms with Gasteiger partial charge in [0.25, 0.3) is 0 Å². The summed E-state index contributed by atoms with van der Waals surface area (Å²) in [6.45, 7) is 1.70. The summed E-state index contributed by atoms with van der Waals surface area (Å²) in [7, 11) is 0. The number of carbonyl (C=O) groups is 1. The molecule has 0 aromatic carbocycles. The van der Waals surface area contributed by atoms with Crippen molar-refractivity contribution in [2.75, 3.05) is 13.2 Å². The van der Waals surface area contributed by atoms with Crippen molar-refractivity contribution in [3.8, 4) is 0 Å². The van der Waals surface area contributed by atoms with Gasteiger partial charge >= 0.3 is 5.97 Å². The molecule has 0 amide bonds. The predicted molar refractivity (Wildman–Crippen MR) is 94.3 cm³/mol. The second-order valence-electron chi connectivity index (χ2n) is 6.19. The molecule has 0 bridgehead atoms. The number of esters is 1. The van der Waals surface area contributed by atoms with Crippen molar-refractivity contribution >= 4 is 5.97 Å². The van der Waals surface area contributed by atoms with Crippen LogP contribution < -0.4 is 0 Å². The first-order valence-electron chi connectivity index (χ1n) is 9.33. The van der Waals surface area contributed by atoms with E-state index in [0.29, 0.717) is 0 Å². The normalized spacial score (nSPS) is 12.7. The van der Waals surface area contributed by atoms with Gasteiger partial charge in [0.1, 0.15) is 12.7 Å². The molecule has 2 N–H and O–H groups in total. The Morgan fingerprint density at radius 1 is 0.957 bits per heavy atom. The van der Waals surface area contributed by atoms with Gasteiger partial charge in [0.15, 0.2) is 0 Å². The molecule has 23 heavy (non-hydrogen) atoms. The molecule has 0 aliphatic carbocycles. The fourth-order valence-corrected chi connectivity index (χ4v) is 2.39. The van der Waals surface area contributed by atoms with Crippen molar-refractivity contribution in [3.05, 3.63) is 12.2 Å². The molecular formula is C19H36O4. The third kappa shape index (κ3) is 17.3. The summed E-state index contributed by atoms with van der Waals surface area (Å²) < 4.78 is 4.77. The van der Waals surface area contributed by atoms with Crippen LogP contribution in [0.3, 0.4) is 0 Å². The topological polar surface area (TPSA) is 66.8 Å². The van der Waals surface area contributed by atoms with E-state index >= 15 is 0 Å². The van der Waals surface area contributed by atoms with Crippen LogP contribution in [0.2, 0.25) is 0 Å². The Labute approximate surface area is 141 Å². The average molecular weight is 328 g/mol. The maximum atomic E-state index is 11.3. The maximum absolute atomic E-state index is 11.3. The summed E-state index contributed by atoms with van der Waals surface area (Å²) in [6.07, 6.45) is 17.6. The predicted octanol–water partition coefficient (Wildman–Crippen LogP) is 4.14. The highest BCUT2D eigenvalue weighted by Gasteiger charge is 2.04. The van der Waals surface area contributed by atoms with E-state index < -0.39 is 18.7 Å². The van der Waals surface area contributed by atoms with E-state index in [-0.39, 0.29) is 6.61 Å². The number of hydrogen-bond acceptors (Lipinski definition) is 4. The van der Waals surface area contributed by atoms with Crippen molar-refractivity contribution in [2.45, 2.75) is 90.1 Å². The monoisotopic (exact) mass is 328 g/mol. The van der Waals surface area contributed by atoms with Crippen LogP contribution in [-0.2, 0) is 9.53 Å². The van der Waals surface area contributed by atoms with Crippen LogP contribution in [0.1, 0.15) is 84.0 Å². The standard InChI is InChI=1S/C19H36O4/c1-2-3-4-5-6-7-8-9-10-11-12-13-14-15-19(22)23-17-18(21)16-20/h14-15,18,20-21H,2-13,16-17H2,1H3. The molecule has 1 unspecified atom stereocenters. The summed E-state index contributed by atoms with van der Waals surface area (Å²) in [5, 5.41) is 17.6. The van der Waals surface area contributed by atoms with Gasteiger partial charge in [0.05, 0.1) is 6.61 Å². The van der Waals surface area contributed by atoms with Crippen molar-refractivity contribution in [1.82, 2.24) is 0 Å². The molecule has 0 aromatic rings. The minimum atomic E-state index is -0.987. The zero-order valence-corrected chi connectivity index (χ0v) is 14.8. The van der Waals surface area contributed by atoms with Crippen LogP contribution in [0.15, 0.2) is 12.2 Å². The van der Waals surface area contributed by atoms with Gasteiger partial charge in [-0.2, -0.15) is 0 Å². The van der Waals surface area contributed by atoms with Gasteiger partial charge in [0, 0.05) is 6.08 Å². The molecule has 136 valence electrons. The van der Waals surface area contributed by atoms with Gasteiger partial charge in [0.2, 0.25) is 0 Å². The summed E-state index contributed by atoms with van der Waals surface area (Å²) in [6, 6.07) is 0. The second kappa shape index (κ2) is 17.5. The molecule has 1 atom stereocenters. The van der Waals surface area contributed by atoms with Crippen LogP contribution in [0, 0.1) is 0 Å². The van der Waals surface area contributed by atoms with Gasteiger partial charge in [-0.05, 0) is 12.8 Å². The largest absolute Gasteiger partial charge is 0.460 e. The highest BCUT2D eigenvalue weighted by atomic mass is 16.5. The van der Waals surface area contributed by atoms with Crippen molar-refractivity contribution in [3.63, 3.8) is 0 Å². The highest BCUT2D eigenvalue weighted by molar-refractivity contribution is 5.81. The number of allylic oxidation sites excluding steroid dienone is 1. The number of unbranched alkanes of at least 4 members (excludes halogenated alkanes) is 11. The Kier molecular flexibility index (Phi) is 16.8. The summed E-state index contributed by atoms with van der Waals surface area (Å²) in [5.41, 5.74) is 0. The first-order chi connectivity index (χ1) is 11.2. The molecule has 0 fully saturated rings. The lowest BCUT2D eigenvalue weighted by atomic mass is 10.1. The average Bonchev–Trinajstić information content (AvgIpc) is 2.56. The summed E-state index contributed by atoms with van der Waals surface area (Å²) in [5.74, 6) is -0.458. The molecule has 0 heterocycles. The Bertz CT molecular complexity index is 289. The van der Waals surface area contributed by atoms with Gasteiger partial charge in [-0.15, -0.1) is 0 Å². The molecule has 0 aliphatic heterocycles. The minimum Gasteiger partial charge on any atom is -0.460 e. The van der Waals surface area contributed by atoms with Crippen molar-refractivity contribution in [2.24, 2.45) is 0 Å². The Morgan fingerprint density at radius 3 is 2.00 bits per heavy atom. The van der Waals surface area contributed by atoms with Gasteiger partial charge in [-0.3, -0.25) is 0 Å². The third-order valence-electron chi connectivity index (χ3n) is 3.86. The van der Waals surface area contributed by atoms with E-state index in [4.69, 9.17) is 14.9 Å². The Balaban J connectivity index is 3.26. The fourth-order valence-electron chi connectivity index (χ4n) is 2.39. The van der Waals surface area contributed by atoms with Crippen LogP contribution >= 0.6 is 0 Å². The van der Waals surface area contributed by atoms with Crippen LogP contribution in [-0.4, -0.2) is 35.5 Å². The minimum absolute atomic E-state index is 0.155. The van der Waals surface area contributed by atoms with E-state index in [1.807, 2.05) is 6.08 Å². The molecule has 0 aromatic heterocycles. The van der Waals surface area contributed by atoms with Crippen LogP contribution in [0.4, 0.5) is 0 Å². The number of aliphatic hydroxyl groups excluding tert-OH is 2. The molecule has 0 rings (SSSR count). The zero-order chi connectivity index (χ0) is 17.2. The van der Waals surface area contributed by atoms with E-state index in [1.165, 1.54) is 70.3 Å². The van der Waals surface area contributed by atoms with Crippen molar-refractivity contribution < 1.29 is 19.7 Å². The van der Waals surface area contributed by atoms with Gasteiger partial charge < -0.3 is 14.9 Å². The fraction of sp³-hybridized carbons (Fsp3) is 0.842. The van der Waals surface area contributed by atoms with E-state index in [1.54, 1.807) is 0 Å². The Morgan fingerprint density at radius 2 is 1.48 bits per heavy atom. The molecule has 0 radical (unpaired) electrons. The van der Waals surface area contributed by atoms with Crippen LogP contribution in [0.5, 0.6) is 0 Å². The second-order valence-corrected chi connectivity index (χ2v) is 6.19. The van der Waals surface area contributed by atoms with E-state index in [9.17, 15) is 4.79 Å². The lowest BCUT2D eigenvalue weighted by Gasteiger charge is -2.06. The highest BCUT2D eigenvalue weighted by Crippen LogP contribution is 2.12. The zero-order valence-electron chi connectivity index (χ0n) is 14.8. The molecule has 4 nitrogen and oxygen atoms in total. The van der Waals surface area contributed by atoms with E-state index in [0.717, 1.165) is 12.8 Å². The summed E-state index contributed by atoms with van der Waals surface area (Å²) >= 11 is 0. The third-order valence-corrected chi connectivity index (χ3v) is 3.86. The number of ether oxygens (including phenoxy) is 1. The molecule has 0 aliphatic rings.